The smallest absolute Gasteiger partial charge is 0.209 e. The second-order valence-corrected chi connectivity index (χ2v) is 9.16. The Morgan fingerprint density at radius 1 is 1.13 bits per heavy atom. The summed E-state index contributed by atoms with van der Waals surface area (Å²) in [5.74, 6) is 1.08. The topological polar surface area (TPSA) is 15.5 Å². The molecule has 3 aliphatic heterocycles. The number of hydrogen-bond donors (Lipinski definition) is 0. The molecule has 3 heteroatoms. The number of hydrogen-bond acceptors (Lipinski definition) is 2. The molecule has 3 aliphatic rings. The Labute approximate surface area is 180 Å². The van der Waals surface area contributed by atoms with Crippen molar-refractivity contribution < 1.29 is 9.31 Å². The summed E-state index contributed by atoms with van der Waals surface area (Å²) in [4.78, 5) is 2.58. The van der Waals surface area contributed by atoms with Gasteiger partial charge in [0.2, 0.25) is 5.69 Å². The predicted octanol–water partition coefficient (Wildman–Crippen LogP) is 5.50. The standard InChI is InChI=1S/C27H33N2O/c1-5-27(2)22-12-6-7-13-23(22)28(3)24(27)15-14-20-18-19-10-8-16-29-17-9-11-21(25(19)29)26(20)30-4/h6-7,12-15,18H,5,8-11,16-17H2,1-4H3/q+1. The minimum absolute atomic E-state index is 0.0361. The first-order chi connectivity index (χ1) is 14.6. The number of ether oxygens (including phenoxy) is 1. The van der Waals surface area contributed by atoms with Crippen LogP contribution >= 0.6 is 0 Å². The second-order valence-electron chi connectivity index (χ2n) is 9.16. The van der Waals surface area contributed by atoms with Crippen molar-refractivity contribution in [3.8, 4) is 5.75 Å². The van der Waals surface area contributed by atoms with Crippen molar-refractivity contribution in [1.29, 1.82) is 0 Å². The highest BCUT2D eigenvalue weighted by molar-refractivity contribution is 6.05. The van der Waals surface area contributed by atoms with E-state index in [4.69, 9.17) is 4.74 Å². The molecule has 0 saturated carbocycles. The Balaban J connectivity index is 1.61. The lowest BCUT2D eigenvalue weighted by atomic mass is 9.77. The minimum Gasteiger partial charge on any atom is -0.496 e. The van der Waals surface area contributed by atoms with Crippen LogP contribution in [0, 0.1) is 0 Å². The van der Waals surface area contributed by atoms with Gasteiger partial charge in [-0.2, -0.15) is 4.58 Å². The second kappa shape index (κ2) is 7.30. The van der Waals surface area contributed by atoms with Gasteiger partial charge in [-0.1, -0.05) is 25.1 Å². The maximum Gasteiger partial charge on any atom is 0.209 e. The SMILES string of the molecule is CCC1(C)C(/C=C/c2cc3c4c(c2OC)CCCN4CCC3)=[N+](C)c2ccccc21. The monoisotopic (exact) mass is 401 g/mol. The lowest BCUT2D eigenvalue weighted by Crippen LogP contribution is -2.34. The Morgan fingerprint density at radius 3 is 2.67 bits per heavy atom. The van der Waals surface area contributed by atoms with Crippen LogP contribution < -0.4 is 9.64 Å². The Morgan fingerprint density at radius 2 is 1.90 bits per heavy atom. The molecule has 1 atom stereocenters. The third kappa shape index (κ3) is 2.74. The molecule has 0 spiro atoms. The quantitative estimate of drug-likeness (QED) is 0.628. The molecule has 0 bridgehead atoms. The van der Waals surface area contributed by atoms with Crippen molar-refractivity contribution >= 4 is 23.2 Å². The third-order valence-electron chi connectivity index (χ3n) is 7.62. The van der Waals surface area contributed by atoms with E-state index in [1.165, 1.54) is 71.7 Å². The summed E-state index contributed by atoms with van der Waals surface area (Å²) in [6.45, 7) is 7.05. The van der Waals surface area contributed by atoms with Crippen molar-refractivity contribution in [3.63, 3.8) is 0 Å². The summed E-state index contributed by atoms with van der Waals surface area (Å²) < 4.78 is 8.36. The van der Waals surface area contributed by atoms with Crippen molar-refractivity contribution in [2.45, 2.75) is 51.4 Å². The molecule has 0 N–H and O–H groups in total. The normalized spacial score (nSPS) is 22.5. The maximum absolute atomic E-state index is 6.00. The molecule has 0 aromatic heterocycles. The van der Waals surface area contributed by atoms with Crippen LogP contribution in [0.3, 0.4) is 0 Å². The molecule has 0 radical (unpaired) electrons. The summed E-state index contributed by atoms with van der Waals surface area (Å²) in [5.41, 5.74) is 9.77. The Hall–Kier alpha value is -2.55. The van der Waals surface area contributed by atoms with E-state index in [1.807, 2.05) is 7.11 Å². The molecule has 3 heterocycles. The highest BCUT2D eigenvalue weighted by atomic mass is 16.5. The molecule has 2 aromatic carbocycles. The van der Waals surface area contributed by atoms with Gasteiger partial charge in [-0.25, -0.2) is 0 Å². The number of benzene rings is 2. The molecule has 2 aromatic rings. The number of allylic oxidation sites excluding steroid dienone is 1. The molecule has 156 valence electrons. The van der Waals surface area contributed by atoms with Crippen LogP contribution in [0.4, 0.5) is 11.4 Å². The van der Waals surface area contributed by atoms with Crippen molar-refractivity contribution in [2.24, 2.45) is 0 Å². The molecule has 1 unspecified atom stereocenters. The predicted molar refractivity (Wildman–Crippen MR) is 126 cm³/mol. The van der Waals surface area contributed by atoms with E-state index in [9.17, 15) is 0 Å². The first-order valence-electron chi connectivity index (χ1n) is 11.4. The van der Waals surface area contributed by atoms with E-state index in [-0.39, 0.29) is 5.41 Å². The maximum atomic E-state index is 6.00. The number of fused-ring (bicyclic) bond motifs is 1. The minimum atomic E-state index is 0.0361. The molecular formula is C27H33N2O+. The van der Waals surface area contributed by atoms with Gasteiger partial charge >= 0.3 is 0 Å². The number of nitrogens with zero attached hydrogens (tertiary/aromatic N) is 2. The van der Waals surface area contributed by atoms with Gasteiger partial charge < -0.3 is 9.64 Å². The van der Waals surface area contributed by atoms with E-state index < -0.39 is 0 Å². The van der Waals surface area contributed by atoms with Gasteiger partial charge in [-0.15, -0.1) is 0 Å². The summed E-state index contributed by atoms with van der Waals surface area (Å²) in [5, 5.41) is 0. The zero-order valence-corrected chi connectivity index (χ0v) is 18.8. The first kappa shape index (κ1) is 19.4. The number of rotatable bonds is 4. The lowest BCUT2D eigenvalue weighted by molar-refractivity contribution is -0.401. The van der Waals surface area contributed by atoms with Crippen LogP contribution in [-0.2, 0) is 18.3 Å². The number of para-hydroxylation sites is 1. The number of aryl methyl sites for hydroxylation is 1. The van der Waals surface area contributed by atoms with E-state index in [0.717, 1.165) is 18.6 Å². The van der Waals surface area contributed by atoms with E-state index >= 15 is 0 Å². The summed E-state index contributed by atoms with van der Waals surface area (Å²) in [6, 6.07) is 11.2. The van der Waals surface area contributed by atoms with Gasteiger partial charge in [0.15, 0.2) is 5.71 Å². The highest BCUT2D eigenvalue weighted by Gasteiger charge is 2.45. The molecule has 5 rings (SSSR count). The molecule has 0 aliphatic carbocycles. The summed E-state index contributed by atoms with van der Waals surface area (Å²) in [6.07, 6.45) is 10.5. The molecule has 0 amide bonds. The van der Waals surface area contributed by atoms with Crippen LogP contribution in [0.1, 0.15) is 55.4 Å². The molecular weight excluding hydrogens is 368 g/mol. The summed E-state index contributed by atoms with van der Waals surface area (Å²) >= 11 is 0. The van der Waals surface area contributed by atoms with E-state index in [0.29, 0.717) is 0 Å². The molecule has 30 heavy (non-hydrogen) atoms. The van der Waals surface area contributed by atoms with Gasteiger partial charge in [0.05, 0.1) is 12.5 Å². The van der Waals surface area contributed by atoms with Crippen LogP contribution in [0.15, 0.2) is 36.4 Å². The Bertz CT molecular complexity index is 1060. The van der Waals surface area contributed by atoms with Gasteiger partial charge in [-0.3, -0.25) is 0 Å². The lowest BCUT2D eigenvalue weighted by Gasteiger charge is -2.38. The fourth-order valence-electron chi connectivity index (χ4n) is 5.93. The van der Waals surface area contributed by atoms with Gasteiger partial charge in [-0.05, 0) is 56.7 Å². The van der Waals surface area contributed by atoms with Crippen molar-refractivity contribution in [2.75, 3.05) is 32.1 Å². The molecule has 0 fully saturated rings. The van der Waals surface area contributed by atoms with Crippen LogP contribution in [-0.4, -0.2) is 37.5 Å². The van der Waals surface area contributed by atoms with E-state index in [2.05, 4.69) is 72.9 Å². The molecule has 3 nitrogen and oxygen atoms in total. The van der Waals surface area contributed by atoms with Gasteiger partial charge in [0.25, 0.3) is 0 Å². The van der Waals surface area contributed by atoms with Crippen LogP contribution in [0.25, 0.3) is 6.08 Å². The largest absolute Gasteiger partial charge is 0.496 e. The van der Waals surface area contributed by atoms with Crippen LogP contribution in [0.5, 0.6) is 5.75 Å². The third-order valence-corrected chi connectivity index (χ3v) is 7.62. The van der Waals surface area contributed by atoms with Crippen molar-refractivity contribution in [1.82, 2.24) is 0 Å². The fraction of sp³-hybridized carbons (Fsp3) is 0.444. The van der Waals surface area contributed by atoms with Gasteiger partial charge in [0.1, 0.15) is 12.8 Å². The highest BCUT2D eigenvalue weighted by Crippen LogP contribution is 2.44. The van der Waals surface area contributed by atoms with Gasteiger partial charge in [0, 0.05) is 47.6 Å². The van der Waals surface area contributed by atoms with E-state index in [1.54, 1.807) is 0 Å². The van der Waals surface area contributed by atoms with Crippen LogP contribution in [0.2, 0.25) is 0 Å². The zero-order chi connectivity index (χ0) is 20.9. The zero-order valence-electron chi connectivity index (χ0n) is 18.8. The summed E-state index contributed by atoms with van der Waals surface area (Å²) in [7, 11) is 4.03. The fourth-order valence-corrected chi connectivity index (χ4v) is 5.93. The van der Waals surface area contributed by atoms with Crippen molar-refractivity contribution in [3.05, 3.63) is 58.7 Å². The molecule has 0 saturated heterocycles. The number of methoxy groups -OCH3 is 1. The average Bonchev–Trinajstić information content (AvgIpc) is 3.00. The average molecular weight is 402 g/mol. The number of anilines is 1. The first-order valence-corrected chi connectivity index (χ1v) is 11.4. The Kier molecular flexibility index (Phi) is 4.72.